The fourth-order valence-corrected chi connectivity index (χ4v) is 1.22. The molecule has 0 unspecified atom stereocenters. The molecule has 0 aliphatic rings. The molecule has 0 fully saturated rings. The van der Waals surface area contributed by atoms with Gasteiger partial charge in [0.25, 0.3) is 0 Å². The third kappa shape index (κ3) is 3.41. The Bertz CT molecular complexity index is 429. The van der Waals surface area contributed by atoms with Gasteiger partial charge >= 0.3 is 6.09 Å². The van der Waals surface area contributed by atoms with E-state index in [2.05, 4.69) is 0 Å². The van der Waals surface area contributed by atoms with Crippen molar-refractivity contribution in [2.45, 2.75) is 0 Å². The summed E-state index contributed by atoms with van der Waals surface area (Å²) in [6, 6.07) is 5.35. The number of rotatable bonds is 4. The number of methoxy groups -OCH3 is 2. The van der Waals surface area contributed by atoms with E-state index in [4.69, 9.17) is 14.6 Å². The number of carboxylic acid groups (broad SMARTS) is 1. The van der Waals surface area contributed by atoms with E-state index in [0.717, 1.165) is 10.5 Å². The molecular weight excluding hydrogens is 222 g/mol. The fourth-order valence-electron chi connectivity index (χ4n) is 1.22. The van der Waals surface area contributed by atoms with Crippen LogP contribution in [-0.4, -0.2) is 37.4 Å². The van der Waals surface area contributed by atoms with E-state index in [1.165, 1.54) is 13.2 Å². The number of carbonyl (C=O) groups is 1. The second-order valence-electron chi connectivity index (χ2n) is 3.32. The maximum Gasteiger partial charge on any atom is 0.411 e. The van der Waals surface area contributed by atoms with Gasteiger partial charge in [-0.25, -0.2) is 4.79 Å². The first-order valence-electron chi connectivity index (χ1n) is 4.94. The van der Waals surface area contributed by atoms with Gasteiger partial charge in [0.2, 0.25) is 0 Å². The molecule has 0 heterocycles. The standard InChI is InChI=1S/C12H15NO4/c1-13(12(14)15)7-6-9-4-5-10(16-2)11(8-9)17-3/h4-8H,1-3H3,(H,14,15)/b7-6+. The lowest BCUT2D eigenvalue weighted by Gasteiger charge is -2.08. The van der Waals surface area contributed by atoms with Gasteiger partial charge in [0.15, 0.2) is 11.5 Å². The Labute approximate surface area is 99.9 Å². The van der Waals surface area contributed by atoms with Crippen molar-refractivity contribution in [3.05, 3.63) is 30.0 Å². The minimum atomic E-state index is -1.01. The molecule has 0 bridgehead atoms. The molecule has 5 nitrogen and oxygen atoms in total. The summed E-state index contributed by atoms with van der Waals surface area (Å²) in [7, 11) is 4.57. The van der Waals surface area contributed by atoms with Crippen molar-refractivity contribution in [1.82, 2.24) is 4.90 Å². The van der Waals surface area contributed by atoms with Gasteiger partial charge in [-0.05, 0) is 23.8 Å². The number of ether oxygens (including phenoxy) is 2. The molecule has 17 heavy (non-hydrogen) atoms. The summed E-state index contributed by atoms with van der Waals surface area (Å²) in [5.41, 5.74) is 0.829. The van der Waals surface area contributed by atoms with Crippen molar-refractivity contribution in [3.8, 4) is 11.5 Å². The number of benzene rings is 1. The van der Waals surface area contributed by atoms with Crippen LogP contribution in [0.4, 0.5) is 4.79 Å². The van der Waals surface area contributed by atoms with E-state index in [1.807, 2.05) is 6.07 Å². The quantitative estimate of drug-likeness (QED) is 0.872. The zero-order valence-electron chi connectivity index (χ0n) is 10.0. The molecule has 92 valence electrons. The smallest absolute Gasteiger partial charge is 0.411 e. The van der Waals surface area contributed by atoms with Gasteiger partial charge in [-0.3, -0.25) is 4.90 Å². The predicted molar refractivity (Wildman–Crippen MR) is 64.4 cm³/mol. The van der Waals surface area contributed by atoms with E-state index in [1.54, 1.807) is 32.4 Å². The molecule has 0 atom stereocenters. The summed E-state index contributed by atoms with van der Waals surface area (Å²) < 4.78 is 10.2. The van der Waals surface area contributed by atoms with E-state index in [9.17, 15) is 4.79 Å². The topological polar surface area (TPSA) is 59.0 Å². The van der Waals surface area contributed by atoms with Crippen molar-refractivity contribution in [3.63, 3.8) is 0 Å². The Hall–Kier alpha value is -2.17. The van der Waals surface area contributed by atoms with Crippen LogP contribution in [0.3, 0.4) is 0 Å². The van der Waals surface area contributed by atoms with E-state index in [0.29, 0.717) is 11.5 Å². The van der Waals surface area contributed by atoms with Crippen LogP contribution in [0.15, 0.2) is 24.4 Å². The molecular formula is C12H15NO4. The Balaban J connectivity index is 2.89. The van der Waals surface area contributed by atoms with E-state index >= 15 is 0 Å². The van der Waals surface area contributed by atoms with Crippen LogP contribution in [0.5, 0.6) is 11.5 Å². The molecule has 0 aromatic heterocycles. The van der Waals surface area contributed by atoms with Crippen LogP contribution >= 0.6 is 0 Å². The lowest BCUT2D eigenvalue weighted by molar-refractivity contribution is 0.171. The highest BCUT2D eigenvalue weighted by molar-refractivity contribution is 5.68. The van der Waals surface area contributed by atoms with Crippen LogP contribution in [0.2, 0.25) is 0 Å². The summed E-state index contributed by atoms with van der Waals surface area (Å²) in [4.78, 5) is 11.6. The fraction of sp³-hybridized carbons (Fsp3) is 0.250. The molecule has 1 N–H and O–H groups in total. The van der Waals surface area contributed by atoms with Crippen molar-refractivity contribution < 1.29 is 19.4 Å². The average molecular weight is 237 g/mol. The second kappa shape index (κ2) is 5.79. The Morgan fingerprint density at radius 3 is 2.47 bits per heavy atom. The maximum absolute atomic E-state index is 10.6. The zero-order chi connectivity index (χ0) is 12.8. The van der Waals surface area contributed by atoms with Gasteiger partial charge in [-0.15, -0.1) is 0 Å². The first kappa shape index (κ1) is 12.9. The minimum Gasteiger partial charge on any atom is -0.493 e. The normalized spacial score (nSPS) is 10.3. The molecule has 0 radical (unpaired) electrons. The molecule has 0 aliphatic heterocycles. The predicted octanol–water partition coefficient (Wildman–Crippen LogP) is 2.28. The first-order valence-corrected chi connectivity index (χ1v) is 4.94. The summed E-state index contributed by atoms with van der Waals surface area (Å²) in [6.45, 7) is 0. The maximum atomic E-state index is 10.6. The lowest BCUT2D eigenvalue weighted by Crippen LogP contribution is -2.17. The Morgan fingerprint density at radius 2 is 1.94 bits per heavy atom. The molecule has 1 rings (SSSR count). The minimum absolute atomic E-state index is 0.604. The van der Waals surface area contributed by atoms with E-state index in [-0.39, 0.29) is 0 Å². The van der Waals surface area contributed by atoms with Crippen molar-refractivity contribution in [2.24, 2.45) is 0 Å². The molecule has 0 saturated carbocycles. The molecule has 0 aliphatic carbocycles. The van der Waals surface area contributed by atoms with E-state index < -0.39 is 6.09 Å². The number of nitrogens with zero attached hydrogens (tertiary/aromatic N) is 1. The summed E-state index contributed by atoms with van der Waals surface area (Å²) in [5.74, 6) is 1.24. The highest BCUT2D eigenvalue weighted by Gasteiger charge is 2.03. The molecule has 0 spiro atoms. The van der Waals surface area contributed by atoms with Crippen LogP contribution in [0.1, 0.15) is 5.56 Å². The summed E-state index contributed by atoms with van der Waals surface area (Å²) in [6.07, 6.45) is 2.13. The Kier molecular flexibility index (Phi) is 4.39. The number of amides is 1. The van der Waals surface area contributed by atoms with Gasteiger partial charge in [0.05, 0.1) is 14.2 Å². The van der Waals surface area contributed by atoms with Crippen LogP contribution in [-0.2, 0) is 0 Å². The van der Waals surface area contributed by atoms with Crippen LogP contribution in [0.25, 0.3) is 6.08 Å². The van der Waals surface area contributed by atoms with Gasteiger partial charge in [0.1, 0.15) is 0 Å². The van der Waals surface area contributed by atoms with Crippen molar-refractivity contribution in [2.75, 3.05) is 21.3 Å². The molecule has 5 heteroatoms. The zero-order valence-corrected chi connectivity index (χ0v) is 10.0. The van der Waals surface area contributed by atoms with Crippen molar-refractivity contribution in [1.29, 1.82) is 0 Å². The second-order valence-corrected chi connectivity index (χ2v) is 3.32. The van der Waals surface area contributed by atoms with Gasteiger partial charge in [-0.2, -0.15) is 0 Å². The van der Waals surface area contributed by atoms with Gasteiger partial charge < -0.3 is 14.6 Å². The molecule has 0 saturated heterocycles. The lowest BCUT2D eigenvalue weighted by atomic mass is 10.2. The Morgan fingerprint density at radius 1 is 1.29 bits per heavy atom. The number of hydrogen-bond acceptors (Lipinski definition) is 3. The largest absolute Gasteiger partial charge is 0.493 e. The third-order valence-electron chi connectivity index (χ3n) is 2.20. The number of hydrogen-bond donors (Lipinski definition) is 1. The molecule has 1 aromatic rings. The molecule has 1 amide bonds. The first-order chi connectivity index (χ1) is 8.08. The highest BCUT2D eigenvalue weighted by Crippen LogP contribution is 2.27. The van der Waals surface area contributed by atoms with Crippen LogP contribution < -0.4 is 9.47 Å². The third-order valence-corrected chi connectivity index (χ3v) is 2.20. The van der Waals surface area contributed by atoms with Crippen molar-refractivity contribution >= 4 is 12.2 Å². The SMILES string of the molecule is COc1ccc(/C=C/N(C)C(=O)O)cc1OC. The van der Waals surface area contributed by atoms with Gasteiger partial charge in [-0.1, -0.05) is 6.07 Å². The molecule has 1 aromatic carbocycles. The monoisotopic (exact) mass is 237 g/mol. The highest BCUT2D eigenvalue weighted by atomic mass is 16.5. The van der Waals surface area contributed by atoms with Crippen LogP contribution in [0, 0.1) is 0 Å². The average Bonchev–Trinajstić information content (AvgIpc) is 2.35. The summed E-state index contributed by atoms with van der Waals surface area (Å²) in [5, 5.41) is 8.67. The summed E-state index contributed by atoms with van der Waals surface area (Å²) >= 11 is 0. The van der Waals surface area contributed by atoms with Gasteiger partial charge in [0, 0.05) is 13.2 Å².